The van der Waals surface area contributed by atoms with Crippen LogP contribution in [-0.4, -0.2) is 26.5 Å². The lowest BCUT2D eigenvalue weighted by Crippen LogP contribution is -2.10. The Morgan fingerprint density at radius 3 is 1.76 bits per heavy atom. The molecule has 0 bridgehead atoms. The summed E-state index contributed by atoms with van der Waals surface area (Å²) in [4.78, 5) is 23.4. The summed E-state index contributed by atoms with van der Waals surface area (Å²) in [6, 6.07) is 12.4. The first kappa shape index (κ1) is 17.0. The molecule has 3 aromatic rings. The van der Waals surface area contributed by atoms with Gasteiger partial charge in [-0.1, -0.05) is 40.2 Å². The molecule has 0 radical (unpaired) electrons. The molecule has 7 heteroatoms. The smallest absolute Gasteiger partial charge is 0.437 e. The molecule has 0 aliphatic carbocycles. The molecule has 0 aliphatic rings. The molecule has 0 atom stereocenters. The van der Waals surface area contributed by atoms with Crippen molar-refractivity contribution in [2.24, 2.45) is 0 Å². The highest BCUT2D eigenvalue weighted by atomic mass is 79.9. The monoisotopic (exact) mass is 404 g/mol. The van der Waals surface area contributed by atoms with Crippen molar-refractivity contribution in [1.82, 2.24) is 0 Å². The molecule has 0 heterocycles. The predicted octanol–water partition coefficient (Wildman–Crippen LogP) is 5.05. The van der Waals surface area contributed by atoms with Crippen molar-refractivity contribution in [2.45, 2.75) is 0 Å². The zero-order valence-corrected chi connectivity index (χ0v) is 15.0. The van der Waals surface area contributed by atoms with E-state index in [1.165, 1.54) is 14.2 Å². The van der Waals surface area contributed by atoms with Crippen LogP contribution < -0.4 is 9.47 Å². The minimum atomic E-state index is -0.840. The number of carbonyl (C=O) groups excluding carboxylic acids is 2. The van der Waals surface area contributed by atoms with Gasteiger partial charge in [0.2, 0.25) is 0 Å². The summed E-state index contributed by atoms with van der Waals surface area (Å²) in [6.45, 7) is 0. The molecule has 6 nitrogen and oxygen atoms in total. The summed E-state index contributed by atoms with van der Waals surface area (Å²) in [7, 11) is 2.47. The molecule has 0 aliphatic heterocycles. The van der Waals surface area contributed by atoms with Gasteiger partial charge in [0.1, 0.15) is 5.75 Å². The van der Waals surface area contributed by atoms with Crippen LogP contribution in [0.1, 0.15) is 0 Å². The Balaban J connectivity index is 2.40. The minimum Gasteiger partial charge on any atom is -0.437 e. The second kappa shape index (κ2) is 6.98. The Morgan fingerprint density at radius 2 is 1.24 bits per heavy atom. The molecular formula is C18H13BrO6. The van der Waals surface area contributed by atoms with Gasteiger partial charge in [0.15, 0.2) is 5.75 Å². The van der Waals surface area contributed by atoms with Crippen LogP contribution in [0.25, 0.3) is 21.5 Å². The van der Waals surface area contributed by atoms with Crippen molar-refractivity contribution >= 4 is 49.8 Å². The van der Waals surface area contributed by atoms with E-state index in [4.69, 9.17) is 9.47 Å². The maximum Gasteiger partial charge on any atom is 0.513 e. The van der Waals surface area contributed by atoms with Gasteiger partial charge in [0, 0.05) is 26.0 Å². The van der Waals surface area contributed by atoms with Gasteiger partial charge in [-0.05, 0) is 18.2 Å². The topological polar surface area (TPSA) is 71.1 Å². The van der Waals surface area contributed by atoms with E-state index in [1.807, 2.05) is 0 Å². The van der Waals surface area contributed by atoms with Crippen molar-refractivity contribution in [3.8, 4) is 11.5 Å². The normalized spacial score (nSPS) is 10.5. The van der Waals surface area contributed by atoms with Gasteiger partial charge < -0.3 is 18.9 Å². The first-order chi connectivity index (χ1) is 12.0. The van der Waals surface area contributed by atoms with E-state index in [1.54, 1.807) is 42.5 Å². The van der Waals surface area contributed by atoms with Crippen molar-refractivity contribution in [3.63, 3.8) is 0 Å². The van der Waals surface area contributed by atoms with Crippen LogP contribution in [0.4, 0.5) is 9.59 Å². The van der Waals surface area contributed by atoms with E-state index in [-0.39, 0.29) is 0 Å². The molecule has 0 spiro atoms. The predicted molar refractivity (Wildman–Crippen MR) is 95.2 cm³/mol. The Bertz CT molecular complexity index is 982. The zero-order valence-electron chi connectivity index (χ0n) is 13.4. The van der Waals surface area contributed by atoms with E-state index < -0.39 is 12.3 Å². The van der Waals surface area contributed by atoms with Gasteiger partial charge in [-0.3, -0.25) is 0 Å². The van der Waals surface area contributed by atoms with E-state index in [2.05, 4.69) is 25.4 Å². The second-order valence-corrected chi connectivity index (χ2v) is 5.92. The Morgan fingerprint density at radius 1 is 0.760 bits per heavy atom. The molecule has 0 N–H and O–H groups in total. The third-order valence-corrected chi connectivity index (χ3v) is 4.08. The van der Waals surface area contributed by atoms with Gasteiger partial charge in [-0.25, -0.2) is 9.59 Å². The van der Waals surface area contributed by atoms with E-state index in [0.29, 0.717) is 33.0 Å². The quantitative estimate of drug-likeness (QED) is 0.338. The summed E-state index contributed by atoms with van der Waals surface area (Å²) in [5.74, 6) is 0.637. The molecular weight excluding hydrogens is 392 g/mol. The van der Waals surface area contributed by atoms with Gasteiger partial charge in [0.05, 0.1) is 14.2 Å². The number of methoxy groups -OCH3 is 2. The Hall–Kier alpha value is -2.80. The lowest BCUT2D eigenvalue weighted by Gasteiger charge is -2.15. The molecule has 0 saturated carbocycles. The standard InChI is InChI=1S/C18H13BrO6/c1-22-17(20)24-15-11-5-3-4-6-12(11)16(25-18(21)23-2)14-9-10(19)7-8-13(14)15/h3-9H,1-2H3. The zero-order chi connectivity index (χ0) is 18.0. The van der Waals surface area contributed by atoms with Crippen molar-refractivity contribution in [2.75, 3.05) is 14.2 Å². The molecule has 3 rings (SSSR count). The summed E-state index contributed by atoms with van der Waals surface area (Å²) in [5, 5.41) is 2.36. The lowest BCUT2D eigenvalue weighted by molar-refractivity contribution is 0.120. The number of hydrogen-bond acceptors (Lipinski definition) is 6. The van der Waals surface area contributed by atoms with Crippen LogP contribution in [0.5, 0.6) is 11.5 Å². The van der Waals surface area contributed by atoms with Crippen LogP contribution in [0.3, 0.4) is 0 Å². The van der Waals surface area contributed by atoms with Gasteiger partial charge in [-0.2, -0.15) is 0 Å². The highest BCUT2D eigenvalue weighted by Gasteiger charge is 2.20. The van der Waals surface area contributed by atoms with Crippen LogP contribution in [0.15, 0.2) is 46.9 Å². The molecule has 0 aromatic heterocycles. The van der Waals surface area contributed by atoms with Gasteiger partial charge >= 0.3 is 12.3 Å². The van der Waals surface area contributed by atoms with Crippen molar-refractivity contribution in [3.05, 3.63) is 46.9 Å². The second-order valence-electron chi connectivity index (χ2n) is 5.01. The van der Waals surface area contributed by atoms with Crippen molar-refractivity contribution in [1.29, 1.82) is 0 Å². The SMILES string of the molecule is COC(=O)Oc1c2ccccc2c(OC(=O)OC)c2cc(Br)ccc12. The number of carbonyl (C=O) groups is 2. The molecule has 3 aromatic carbocycles. The summed E-state index contributed by atoms with van der Waals surface area (Å²) < 4.78 is 20.7. The number of benzene rings is 3. The molecule has 25 heavy (non-hydrogen) atoms. The van der Waals surface area contributed by atoms with Crippen LogP contribution in [-0.2, 0) is 9.47 Å². The fraction of sp³-hybridized carbons (Fsp3) is 0.111. The first-order valence-corrected chi connectivity index (χ1v) is 8.00. The number of hydrogen-bond donors (Lipinski definition) is 0. The molecule has 128 valence electrons. The summed E-state index contributed by atoms with van der Waals surface area (Å²) >= 11 is 3.40. The third kappa shape index (κ3) is 3.23. The Kier molecular flexibility index (Phi) is 4.76. The lowest BCUT2D eigenvalue weighted by atomic mass is 10.0. The molecule has 0 unspecified atom stereocenters. The number of halogens is 1. The largest absolute Gasteiger partial charge is 0.513 e. The van der Waals surface area contributed by atoms with Gasteiger partial charge in [-0.15, -0.1) is 0 Å². The third-order valence-electron chi connectivity index (χ3n) is 3.59. The highest BCUT2D eigenvalue weighted by Crippen LogP contribution is 2.43. The van der Waals surface area contributed by atoms with Gasteiger partial charge in [0.25, 0.3) is 0 Å². The van der Waals surface area contributed by atoms with E-state index in [9.17, 15) is 9.59 Å². The number of fused-ring (bicyclic) bond motifs is 2. The van der Waals surface area contributed by atoms with Crippen LogP contribution in [0.2, 0.25) is 0 Å². The minimum absolute atomic E-state index is 0.316. The molecule has 0 saturated heterocycles. The summed E-state index contributed by atoms with van der Waals surface area (Å²) in [6.07, 6.45) is -1.68. The van der Waals surface area contributed by atoms with Crippen LogP contribution >= 0.6 is 15.9 Å². The maximum absolute atomic E-state index is 11.7. The molecule has 0 fully saturated rings. The van der Waals surface area contributed by atoms with E-state index in [0.717, 1.165) is 4.47 Å². The fourth-order valence-corrected chi connectivity index (χ4v) is 2.90. The fourth-order valence-electron chi connectivity index (χ4n) is 2.54. The average Bonchev–Trinajstić information content (AvgIpc) is 2.63. The Labute approximate surface area is 151 Å². The van der Waals surface area contributed by atoms with E-state index >= 15 is 0 Å². The number of rotatable bonds is 2. The first-order valence-electron chi connectivity index (χ1n) is 7.20. The number of ether oxygens (including phenoxy) is 4. The average molecular weight is 405 g/mol. The maximum atomic E-state index is 11.7. The van der Waals surface area contributed by atoms with Crippen molar-refractivity contribution < 1.29 is 28.5 Å². The van der Waals surface area contributed by atoms with Crippen LogP contribution in [0, 0.1) is 0 Å². The molecule has 0 amide bonds. The highest BCUT2D eigenvalue weighted by molar-refractivity contribution is 9.10. The summed E-state index contributed by atoms with van der Waals surface area (Å²) in [5.41, 5.74) is 0.